The van der Waals surface area contributed by atoms with E-state index in [2.05, 4.69) is 62.5 Å². The minimum atomic E-state index is -0.789. The first-order chi connectivity index (χ1) is 33.0. The van der Waals surface area contributed by atoms with Crippen LogP contribution in [0.1, 0.15) is 316 Å². The Morgan fingerprint density at radius 3 is 1.13 bits per heavy atom. The van der Waals surface area contributed by atoms with Crippen LogP contribution in [-0.2, 0) is 14.3 Å². The minimum Gasteiger partial charge on any atom is -0.462 e. The van der Waals surface area contributed by atoms with Gasteiger partial charge in [-0.25, -0.2) is 0 Å². The molecule has 0 aliphatic carbocycles. The molecule has 0 heterocycles. The molecule has 0 aliphatic rings. The first kappa shape index (κ1) is 65.1. The summed E-state index contributed by atoms with van der Waals surface area (Å²) in [6.07, 6.45) is 66.4. The number of carbonyl (C=O) groups is 2. The topological polar surface area (TPSA) is 95.9 Å². The second kappa shape index (κ2) is 55.0. The number of ether oxygens (including phenoxy) is 1. The van der Waals surface area contributed by atoms with E-state index in [0.29, 0.717) is 19.3 Å². The van der Waals surface area contributed by atoms with Gasteiger partial charge in [0.05, 0.1) is 25.2 Å². The fourth-order valence-electron chi connectivity index (χ4n) is 9.26. The summed E-state index contributed by atoms with van der Waals surface area (Å²) in [5, 5.41) is 23.9. The van der Waals surface area contributed by atoms with E-state index in [4.69, 9.17) is 4.74 Å². The van der Waals surface area contributed by atoms with Crippen molar-refractivity contribution in [2.45, 2.75) is 334 Å². The van der Waals surface area contributed by atoms with E-state index < -0.39 is 18.2 Å². The highest BCUT2D eigenvalue weighted by Gasteiger charge is 2.24. The van der Waals surface area contributed by atoms with Crippen LogP contribution in [0.3, 0.4) is 0 Å². The van der Waals surface area contributed by atoms with E-state index in [1.165, 1.54) is 205 Å². The van der Waals surface area contributed by atoms with Gasteiger partial charge in [0.1, 0.15) is 6.10 Å². The van der Waals surface area contributed by atoms with Crippen LogP contribution in [-0.4, -0.2) is 46.9 Å². The number of carbonyl (C=O) groups excluding carboxylic acids is 2. The normalized spacial score (nSPS) is 13.3. The number of nitrogens with one attached hydrogen (secondary N) is 1. The molecule has 3 N–H and O–H groups in total. The summed E-state index contributed by atoms with van der Waals surface area (Å²) in [6, 6.07) is -0.703. The largest absolute Gasteiger partial charge is 0.462 e. The van der Waals surface area contributed by atoms with Crippen molar-refractivity contribution in [2.24, 2.45) is 0 Å². The second-order valence-corrected chi connectivity index (χ2v) is 20.5. The lowest BCUT2D eigenvalue weighted by Crippen LogP contribution is -2.46. The summed E-state index contributed by atoms with van der Waals surface area (Å²) in [5.74, 6) is -0.478. The number of esters is 1. The Kier molecular flexibility index (Phi) is 53.4. The first-order valence-corrected chi connectivity index (χ1v) is 29.7. The van der Waals surface area contributed by atoms with Gasteiger partial charge >= 0.3 is 5.97 Å². The van der Waals surface area contributed by atoms with E-state index in [9.17, 15) is 19.8 Å². The van der Waals surface area contributed by atoms with Gasteiger partial charge in [-0.1, -0.05) is 288 Å². The molecule has 6 nitrogen and oxygen atoms in total. The standard InChI is InChI=1S/C61H115NO5/c1-4-7-10-13-16-19-22-25-27-29-31-33-36-39-42-45-48-51-54-61(66)67-57(52-49-46-43-40-37-35-32-30-28-26-23-20-17-14-11-8-5-2)55-60(65)62-58(56-63)59(64)53-50-47-44-41-38-34-24-21-18-15-12-9-6-3/h22,25,27,29,31,33,57-59,63-64H,4-21,23-24,26,28,30,32,34-56H2,1-3H3,(H,62,65)/b25-22+,29-27+,33-31+. The van der Waals surface area contributed by atoms with E-state index in [1.54, 1.807) is 0 Å². The Balaban J connectivity index is 4.57. The van der Waals surface area contributed by atoms with E-state index in [-0.39, 0.29) is 24.9 Å². The Hall–Kier alpha value is -1.92. The zero-order chi connectivity index (χ0) is 48.8. The molecule has 0 saturated carbocycles. The van der Waals surface area contributed by atoms with Crippen LogP contribution in [0.4, 0.5) is 0 Å². The van der Waals surface area contributed by atoms with Crippen LogP contribution >= 0.6 is 0 Å². The van der Waals surface area contributed by atoms with Crippen LogP contribution in [0, 0.1) is 0 Å². The lowest BCUT2D eigenvalue weighted by Gasteiger charge is -2.24. The maximum Gasteiger partial charge on any atom is 0.306 e. The Bertz CT molecular complexity index is 1100. The summed E-state index contributed by atoms with van der Waals surface area (Å²) in [7, 11) is 0. The molecular weight excluding hydrogens is 827 g/mol. The molecule has 0 aromatic carbocycles. The minimum absolute atomic E-state index is 0.0741. The predicted molar refractivity (Wildman–Crippen MR) is 292 cm³/mol. The average molecular weight is 943 g/mol. The molecule has 67 heavy (non-hydrogen) atoms. The lowest BCUT2D eigenvalue weighted by molar-refractivity contribution is -0.151. The number of aliphatic hydroxyl groups is 2. The van der Waals surface area contributed by atoms with Gasteiger partial charge in [0.2, 0.25) is 5.91 Å². The SMILES string of the molecule is CCCCCCC/C=C/C=C/C=C/CCCCCCCC(=O)OC(CCCCCCCCCCCCCCCCCCC)CC(=O)NC(CO)C(O)CCCCCCCCCCCCCCC. The molecule has 0 radical (unpaired) electrons. The number of allylic oxidation sites excluding steroid dienone is 6. The zero-order valence-corrected chi connectivity index (χ0v) is 45.0. The molecule has 0 saturated heterocycles. The Morgan fingerprint density at radius 1 is 0.433 bits per heavy atom. The smallest absolute Gasteiger partial charge is 0.306 e. The molecule has 6 heteroatoms. The second-order valence-electron chi connectivity index (χ2n) is 20.5. The van der Waals surface area contributed by atoms with Gasteiger partial charge in [-0.3, -0.25) is 9.59 Å². The van der Waals surface area contributed by atoms with Crippen molar-refractivity contribution in [3.63, 3.8) is 0 Å². The number of aliphatic hydroxyl groups excluding tert-OH is 2. The fourth-order valence-corrected chi connectivity index (χ4v) is 9.26. The molecule has 3 atom stereocenters. The highest BCUT2D eigenvalue weighted by atomic mass is 16.5. The summed E-state index contributed by atoms with van der Waals surface area (Å²) in [6.45, 7) is 6.50. The Morgan fingerprint density at radius 2 is 0.761 bits per heavy atom. The quantitative estimate of drug-likeness (QED) is 0.0321. The molecule has 3 unspecified atom stereocenters. The summed E-state index contributed by atoms with van der Waals surface area (Å²) < 4.78 is 5.97. The van der Waals surface area contributed by atoms with Gasteiger partial charge in [0.25, 0.3) is 0 Å². The number of rotatable bonds is 54. The molecule has 0 fully saturated rings. The van der Waals surface area contributed by atoms with Crippen LogP contribution in [0.5, 0.6) is 0 Å². The molecule has 394 valence electrons. The van der Waals surface area contributed by atoms with Crippen molar-refractivity contribution in [1.29, 1.82) is 0 Å². The summed E-state index contributed by atoms with van der Waals surface area (Å²) >= 11 is 0. The van der Waals surface area contributed by atoms with E-state index in [1.807, 2.05) is 0 Å². The van der Waals surface area contributed by atoms with Crippen molar-refractivity contribution < 1.29 is 24.5 Å². The molecule has 0 aromatic heterocycles. The lowest BCUT2D eigenvalue weighted by atomic mass is 10.0. The van der Waals surface area contributed by atoms with E-state index in [0.717, 1.165) is 64.2 Å². The third kappa shape index (κ3) is 50.3. The van der Waals surface area contributed by atoms with Crippen LogP contribution < -0.4 is 5.32 Å². The fraction of sp³-hybridized carbons (Fsp3) is 0.869. The molecule has 1 amide bonds. The molecule has 0 aliphatic heterocycles. The van der Waals surface area contributed by atoms with E-state index >= 15 is 0 Å². The first-order valence-electron chi connectivity index (χ1n) is 29.7. The molecule has 0 spiro atoms. The van der Waals surface area contributed by atoms with Crippen molar-refractivity contribution in [2.75, 3.05) is 6.61 Å². The maximum atomic E-state index is 13.3. The monoisotopic (exact) mass is 942 g/mol. The molecule has 0 rings (SSSR count). The van der Waals surface area contributed by atoms with Crippen LogP contribution in [0.25, 0.3) is 0 Å². The maximum absolute atomic E-state index is 13.3. The van der Waals surface area contributed by atoms with Gasteiger partial charge in [-0.05, 0) is 51.4 Å². The number of unbranched alkanes of at least 4 members (excludes halogenated alkanes) is 38. The van der Waals surface area contributed by atoms with Gasteiger partial charge < -0.3 is 20.3 Å². The number of hydrogen-bond donors (Lipinski definition) is 3. The summed E-state index contributed by atoms with van der Waals surface area (Å²) in [4.78, 5) is 26.3. The third-order valence-corrected chi connectivity index (χ3v) is 13.8. The highest BCUT2D eigenvalue weighted by molar-refractivity contribution is 5.77. The molecule has 0 aromatic rings. The van der Waals surface area contributed by atoms with Gasteiger partial charge in [0, 0.05) is 6.42 Å². The number of amides is 1. The van der Waals surface area contributed by atoms with Crippen LogP contribution in [0.2, 0.25) is 0 Å². The van der Waals surface area contributed by atoms with Gasteiger partial charge in [-0.15, -0.1) is 0 Å². The molecular formula is C61H115NO5. The third-order valence-electron chi connectivity index (χ3n) is 13.8. The van der Waals surface area contributed by atoms with Crippen molar-refractivity contribution in [3.8, 4) is 0 Å². The number of hydrogen-bond acceptors (Lipinski definition) is 5. The Labute approximate surface area is 417 Å². The summed E-state index contributed by atoms with van der Waals surface area (Å²) in [5.41, 5.74) is 0. The zero-order valence-electron chi connectivity index (χ0n) is 45.0. The average Bonchev–Trinajstić information content (AvgIpc) is 3.32. The van der Waals surface area contributed by atoms with Crippen LogP contribution in [0.15, 0.2) is 36.5 Å². The van der Waals surface area contributed by atoms with Gasteiger partial charge in [0.15, 0.2) is 0 Å². The molecule has 0 bridgehead atoms. The predicted octanol–water partition coefficient (Wildman–Crippen LogP) is 18.4. The van der Waals surface area contributed by atoms with Crippen molar-refractivity contribution >= 4 is 11.9 Å². The highest BCUT2D eigenvalue weighted by Crippen LogP contribution is 2.19. The van der Waals surface area contributed by atoms with Crippen molar-refractivity contribution in [1.82, 2.24) is 5.32 Å². The van der Waals surface area contributed by atoms with Crippen molar-refractivity contribution in [3.05, 3.63) is 36.5 Å². The van der Waals surface area contributed by atoms with Gasteiger partial charge in [-0.2, -0.15) is 0 Å².